The molecule has 0 fully saturated rings. The SMILES string of the molecule is CC(=O)Oc1ccccc1C=C(CCc1ccccc1)c1ccccc1. The van der Waals surface area contributed by atoms with E-state index in [1.807, 2.05) is 48.5 Å². The maximum absolute atomic E-state index is 11.4. The highest BCUT2D eigenvalue weighted by molar-refractivity contribution is 5.84. The number of esters is 1. The predicted octanol–water partition coefficient (Wildman–Crippen LogP) is 5.79. The minimum Gasteiger partial charge on any atom is -0.426 e. The van der Waals surface area contributed by atoms with Crippen LogP contribution in [0.4, 0.5) is 0 Å². The Bertz CT molecular complexity index is 880. The number of ether oxygens (including phenoxy) is 1. The molecule has 0 spiro atoms. The molecule has 0 radical (unpaired) electrons. The van der Waals surface area contributed by atoms with Gasteiger partial charge in [0.1, 0.15) is 5.75 Å². The lowest BCUT2D eigenvalue weighted by atomic mass is 9.96. The van der Waals surface area contributed by atoms with Gasteiger partial charge >= 0.3 is 5.97 Å². The van der Waals surface area contributed by atoms with Crippen LogP contribution >= 0.6 is 0 Å². The van der Waals surface area contributed by atoms with Crippen LogP contribution in [0.3, 0.4) is 0 Å². The second-order valence-corrected chi connectivity index (χ2v) is 6.15. The minimum absolute atomic E-state index is 0.309. The summed E-state index contributed by atoms with van der Waals surface area (Å²) in [6, 6.07) is 28.4. The van der Waals surface area contributed by atoms with Gasteiger partial charge in [-0.05, 0) is 41.7 Å². The van der Waals surface area contributed by atoms with Crippen molar-refractivity contribution in [2.45, 2.75) is 19.8 Å². The van der Waals surface area contributed by atoms with Gasteiger partial charge in [-0.25, -0.2) is 0 Å². The molecule has 3 aromatic carbocycles. The third kappa shape index (κ3) is 4.93. The Kier molecular flexibility index (Phi) is 6.00. The largest absolute Gasteiger partial charge is 0.426 e. The Hall–Kier alpha value is -3.13. The molecule has 3 rings (SSSR count). The number of allylic oxidation sites excluding steroid dienone is 1. The smallest absolute Gasteiger partial charge is 0.308 e. The number of aryl methyl sites for hydroxylation is 1. The highest BCUT2D eigenvalue weighted by Gasteiger charge is 2.07. The molecule has 0 N–H and O–H groups in total. The second kappa shape index (κ2) is 8.82. The first kappa shape index (κ1) is 17.7. The molecule has 0 aliphatic rings. The van der Waals surface area contributed by atoms with Gasteiger partial charge in [-0.3, -0.25) is 4.79 Å². The van der Waals surface area contributed by atoms with Crippen molar-refractivity contribution in [3.05, 3.63) is 102 Å². The fourth-order valence-electron chi connectivity index (χ4n) is 2.91. The Morgan fingerprint density at radius 1 is 0.846 bits per heavy atom. The number of carbonyl (C=O) groups excluding carboxylic acids is 1. The van der Waals surface area contributed by atoms with E-state index in [1.54, 1.807) is 0 Å². The van der Waals surface area contributed by atoms with Crippen molar-refractivity contribution in [1.29, 1.82) is 0 Å². The third-order valence-electron chi connectivity index (χ3n) is 4.17. The molecule has 2 nitrogen and oxygen atoms in total. The number of hydrogen-bond acceptors (Lipinski definition) is 2. The Morgan fingerprint density at radius 3 is 2.15 bits per heavy atom. The van der Waals surface area contributed by atoms with E-state index in [9.17, 15) is 4.79 Å². The quantitative estimate of drug-likeness (QED) is 0.322. The first-order valence-corrected chi connectivity index (χ1v) is 8.80. The average Bonchev–Trinajstić information content (AvgIpc) is 2.67. The van der Waals surface area contributed by atoms with Crippen molar-refractivity contribution < 1.29 is 9.53 Å². The topological polar surface area (TPSA) is 26.3 Å². The summed E-state index contributed by atoms with van der Waals surface area (Å²) in [7, 11) is 0. The fraction of sp³-hybridized carbons (Fsp3) is 0.125. The molecular formula is C24H22O2. The highest BCUT2D eigenvalue weighted by atomic mass is 16.5. The molecule has 0 bridgehead atoms. The number of carbonyl (C=O) groups is 1. The summed E-state index contributed by atoms with van der Waals surface area (Å²) in [4.78, 5) is 11.4. The van der Waals surface area contributed by atoms with Crippen molar-refractivity contribution in [2.24, 2.45) is 0 Å². The molecule has 0 aliphatic heterocycles. The average molecular weight is 342 g/mol. The molecule has 0 amide bonds. The minimum atomic E-state index is -0.309. The van der Waals surface area contributed by atoms with Crippen LogP contribution in [-0.2, 0) is 11.2 Å². The van der Waals surface area contributed by atoms with Crippen LogP contribution in [-0.4, -0.2) is 5.97 Å². The molecule has 0 unspecified atom stereocenters. The van der Waals surface area contributed by atoms with E-state index in [0.717, 1.165) is 18.4 Å². The molecule has 2 heteroatoms. The monoisotopic (exact) mass is 342 g/mol. The van der Waals surface area contributed by atoms with Crippen LogP contribution in [0.25, 0.3) is 11.6 Å². The summed E-state index contributed by atoms with van der Waals surface area (Å²) in [6.45, 7) is 1.42. The van der Waals surface area contributed by atoms with E-state index in [2.05, 4.69) is 42.5 Å². The molecular weight excluding hydrogens is 320 g/mol. The van der Waals surface area contributed by atoms with Gasteiger partial charge in [-0.1, -0.05) is 78.9 Å². The normalized spacial score (nSPS) is 11.2. The summed E-state index contributed by atoms with van der Waals surface area (Å²) in [5.74, 6) is 0.282. The van der Waals surface area contributed by atoms with E-state index < -0.39 is 0 Å². The zero-order valence-corrected chi connectivity index (χ0v) is 14.9. The second-order valence-electron chi connectivity index (χ2n) is 6.15. The van der Waals surface area contributed by atoms with Crippen LogP contribution in [0.2, 0.25) is 0 Å². The molecule has 3 aromatic rings. The number of benzene rings is 3. The van der Waals surface area contributed by atoms with E-state index in [0.29, 0.717) is 5.75 Å². The fourth-order valence-corrected chi connectivity index (χ4v) is 2.91. The summed E-state index contributed by atoms with van der Waals surface area (Å²) in [5, 5.41) is 0. The highest BCUT2D eigenvalue weighted by Crippen LogP contribution is 2.28. The van der Waals surface area contributed by atoms with Crippen LogP contribution in [0.1, 0.15) is 30.0 Å². The van der Waals surface area contributed by atoms with Crippen molar-refractivity contribution in [3.63, 3.8) is 0 Å². The first-order valence-electron chi connectivity index (χ1n) is 8.80. The Balaban J connectivity index is 1.93. The summed E-state index contributed by atoms with van der Waals surface area (Å²) < 4.78 is 5.36. The first-order chi connectivity index (χ1) is 12.7. The van der Waals surface area contributed by atoms with Gasteiger partial charge in [0.25, 0.3) is 0 Å². The molecule has 26 heavy (non-hydrogen) atoms. The standard InChI is InChI=1S/C24H22O2/c1-19(25)26-24-15-9-8-14-23(24)18-22(21-12-6-3-7-13-21)17-16-20-10-4-2-5-11-20/h2-15,18H,16-17H2,1H3. The molecule has 0 heterocycles. The van der Waals surface area contributed by atoms with Crippen LogP contribution < -0.4 is 4.74 Å². The van der Waals surface area contributed by atoms with Crippen LogP contribution in [0.15, 0.2) is 84.9 Å². The molecule has 0 aromatic heterocycles. The zero-order chi connectivity index (χ0) is 18.2. The van der Waals surface area contributed by atoms with Crippen molar-refractivity contribution in [2.75, 3.05) is 0 Å². The Morgan fingerprint density at radius 2 is 1.46 bits per heavy atom. The van der Waals surface area contributed by atoms with Gasteiger partial charge in [0, 0.05) is 12.5 Å². The number of hydrogen-bond donors (Lipinski definition) is 0. The maximum atomic E-state index is 11.4. The van der Waals surface area contributed by atoms with Crippen molar-refractivity contribution in [3.8, 4) is 5.75 Å². The predicted molar refractivity (Wildman–Crippen MR) is 107 cm³/mol. The zero-order valence-electron chi connectivity index (χ0n) is 14.9. The summed E-state index contributed by atoms with van der Waals surface area (Å²) >= 11 is 0. The van der Waals surface area contributed by atoms with Gasteiger partial charge in [0.2, 0.25) is 0 Å². The maximum Gasteiger partial charge on any atom is 0.308 e. The van der Waals surface area contributed by atoms with E-state index in [4.69, 9.17) is 4.74 Å². The summed E-state index contributed by atoms with van der Waals surface area (Å²) in [6.07, 6.45) is 3.98. The van der Waals surface area contributed by atoms with Gasteiger partial charge < -0.3 is 4.74 Å². The van der Waals surface area contributed by atoms with Crippen LogP contribution in [0, 0.1) is 0 Å². The van der Waals surface area contributed by atoms with Gasteiger partial charge in [0.15, 0.2) is 0 Å². The van der Waals surface area contributed by atoms with Gasteiger partial charge in [-0.15, -0.1) is 0 Å². The number of para-hydroxylation sites is 1. The van der Waals surface area contributed by atoms with E-state index in [-0.39, 0.29) is 5.97 Å². The van der Waals surface area contributed by atoms with Crippen molar-refractivity contribution >= 4 is 17.6 Å². The van der Waals surface area contributed by atoms with E-state index in [1.165, 1.54) is 23.6 Å². The lowest BCUT2D eigenvalue weighted by Gasteiger charge is -2.11. The Labute approximate surface area is 154 Å². The van der Waals surface area contributed by atoms with Gasteiger partial charge in [0.05, 0.1) is 0 Å². The molecule has 0 saturated carbocycles. The third-order valence-corrected chi connectivity index (χ3v) is 4.17. The molecule has 0 saturated heterocycles. The van der Waals surface area contributed by atoms with Gasteiger partial charge in [-0.2, -0.15) is 0 Å². The van der Waals surface area contributed by atoms with Crippen LogP contribution in [0.5, 0.6) is 5.75 Å². The van der Waals surface area contributed by atoms with Crippen molar-refractivity contribution in [1.82, 2.24) is 0 Å². The molecule has 0 aliphatic carbocycles. The lowest BCUT2D eigenvalue weighted by molar-refractivity contribution is -0.131. The summed E-state index contributed by atoms with van der Waals surface area (Å²) in [5.41, 5.74) is 4.62. The molecule has 0 atom stereocenters. The van der Waals surface area contributed by atoms with E-state index >= 15 is 0 Å². The number of rotatable bonds is 6. The molecule has 130 valence electrons. The lowest BCUT2D eigenvalue weighted by Crippen LogP contribution is -2.02.